The number of aliphatic imine (C=N–C) groups is 1. The van der Waals surface area contributed by atoms with E-state index in [1.807, 2.05) is 17.8 Å². The number of aryl methyl sites for hydroxylation is 2. The van der Waals surface area contributed by atoms with Crippen molar-refractivity contribution in [1.29, 1.82) is 0 Å². The standard InChI is InChI=1S/C29H36N4O/c1-8-13-29(5,6)17-23-11-10-22(15-20(23)3)26-16-21(4)27(32-26)31-25(9-2)18-30-28(34)24-12-14-33(7)19-24/h8,10-16,19,21H,2,17-18H2,1,3-7H3,(H,30,34)(H,31,32)/b13-8+. The highest BCUT2D eigenvalue weighted by Crippen LogP contribution is 2.30. The first-order chi connectivity index (χ1) is 16.1. The van der Waals surface area contributed by atoms with Crippen LogP contribution in [0, 0.1) is 18.3 Å². The first-order valence-electron chi connectivity index (χ1n) is 11.7. The molecule has 1 aromatic carbocycles. The molecule has 1 unspecified atom stereocenters. The van der Waals surface area contributed by atoms with Crippen LogP contribution in [0.1, 0.15) is 54.7 Å². The Morgan fingerprint density at radius 3 is 2.71 bits per heavy atom. The number of hydrogen-bond acceptors (Lipinski definition) is 3. The van der Waals surface area contributed by atoms with Gasteiger partial charge < -0.3 is 15.2 Å². The number of nitrogens with zero attached hydrogens (tertiary/aromatic N) is 2. The number of rotatable bonds is 8. The number of allylic oxidation sites excluding steroid dienone is 2. The van der Waals surface area contributed by atoms with Crippen molar-refractivity contribution >= 4 is 17.4 Å². The van der Waals surface area contributed by atoms with Crippen LogP contribution in [0.3, 0.4) is 0 Å². The van der Waals surface area contributed by atoms with E-state index in [1.165, 1.54) is 11.1 Å². The van der Waals surface area contributed by atoms with Crippen molar-refractivity contribution in [3.8, 4) is 0 Å². The second-order valence-electron chi connectivity index (χ2n) is 9.67. The molecule has 0 aliphatic carbocycles. The van der Waals surface area contributed by atoms with Crippen molar-refractivity contribution in [2.24, 2.45) is 23.4 Å². The highest BCUT2D eigenvalue weighted by atomic mass is 16.1. The quantitative estimate of drug-likeness (QED) is 0.404. The van der Waals surface area contributed by atoms with E-state index in [-0.39, 0.29) is 17.2 Å². The molecule has 0 spiro atoms. The summed E-state index contributed by atoms with van der Waals surface area (Å²) in [6.07, 6.45) is 11.2. The Hall–Kier alpha value is -3.56. The Bertz CT molecular complexity index is 1200. The van der Waals surface area contributed by atoms with Gasteiger partial charge in [-0.25, -0.2) is 4.99 Å². The lowest BCUT2D eigenvalue weighted by atomic mass is 9.83. The van der Waals surface area contributed by atoms with E-state index in [0.29, 0.717) is 17.8 Å². The molecule has 0 radical (unpaired) electrons. The monoisotopic (exact) mass is 456 g/mol. The van der Waals surface area contributed by atoms with Gasteiger partial charge >= 0.3 is 0 Å². The third-order valence-electron chi connectivity index (χ3n) is 5.99. The second-order valence-corrected chi connectivity index (χ2v) is 9.67. The maximum absolute atomic E-state index is 12.3. The SMILES string of the molecule is C=C=C(CNC(=O)c1ccn(C)c1)NC1=NC(c2ccc(CC(C)(C)/C=C/C)c(C)c2)=CC1C. The third-order valence-corrected chi connectivity index (χ3v) is 5.99. The highest BCUT2D eigenvalue weighted by molar-refractivity contribution is 5.97. The fraction of sp³-hybridized carbons (Fsp3) is 0.345. The van der Waals surface area contributed by atoms with Gasteiger partial charge in [-0.2, -0.15) is 0 Å². The minimum atomic E-state index is -0.136. The Kier molecular flexibility index (Phi) is 7.80. The van der Waals surface area contributed by atoms with Gasteiger partial charge in [-0.15, -0.1) is 5.73 Å². The van der Waals surface area contributed by atoms with Crippen LogP contribution >= 0.6 is 0 Å². The molecule has 1 aliphatic rings. The minimum absolute atomic E-state index is 0.122. The molecular formula is C29H36N4O. The Labute approximate surface area is 203 Å². The van der Waals surface area contributed by atoms with E-state index < -0.39 is 0 Å². The average molecular weight is 457 g/mol. The first kappa shape index (κ1) is 25.1. The lowest BCUT2D eigenvalue weighted by molar-refractivity contribution is 0.0956. The van der Waals surface area contributed by atoms with Crippen LogP contribution in [-0.2, 0) is 13.5 Å². The molecule has 1 atom stereocenters. The average Bonchev–Trinajstić information content (AvgIpc) is 3.37. The lowest BCUT2D eigenvalue weighted by Gasteiger charge is -2.21. The zero-order valence-corrected chi connectivity index (χ0v) is 21.2. The lowest BCUT2D eigenvalue weighted by Crippen LogP contribution is -2.34. The molecule has 1 aliphatic heterocycles. The minimum Gasteiger partial charge on any atom is -0.356 e. The second kappa shape index (κ2) is 10.6. The van der Waals surface area contributed by atoms with E-state index in [1.54, 1.807) is 12.3 Å². The van der Waals surface area contributed by atoms with Crippen molar-refractivity contribution in [3.05, 3.63) is 95.1 Å². The van der Waals surface area contributed by atoms with E-state index >= 15 is 0 Å². The normalized spacial score (nSPS) is 15.6. The Morgan fingerprint density at radius 1 is 1.32 bits per heavy atom. The van der Waals surface area contributed by atoms with E-state index in [2.05, 4.69) is 94.0 Å². The maximum Gasteiger partial charge on any atom is 0.253 e. The smallest absolute Gasteiger partial charge is 0.253 e. The molecule has 3 rings (SSSR count). The van der Waals surface area contributed by atoms with Crippen LogP contribution in [-0.4, -0.2) is 22.9 Å². The zero-order chi connectivity index (χ0) is 24.9. The summed E-state index contributed by atoms with van der Waals surface area (Å²) in [5.41, 5.74) is 9.01. The van der Waals surface area contributed by atoms with Gasteiger partial charge in [0.2, 0.25) is 0 Å². The van der Waals surface area contributed by atoms with Crippen molar-refractivity contribution in [3.63, 3.8) is 0 Å². The summed E-state index contributed by atoms with van der Waals surface area (Å²) in [6, 6.07) is 8.38. The third kappa shape index (κ3) is 6.27. The molecule has 2 heterocycles. The van der Waals surface area contributed by atoms with Crippen molar-refractivity contribution in [2.45, 2.75) is 41.0 Å². The molecular weight excluding hydrogens is 420 g/mol. The Balaban J connectivity index is 1.66. The topological polar surface area (TPSA) is 58.4 Å². The summed E-state index contributed by atoms with van der Waals surface area (Å²) in [6.45, 7) is 14.9. The van der Waals surface area contributed by atoms with Gasteiger partial charge in [0.1, 0.15) is 5.84 Å². The van der Waals surface area contributed by atoms with Crippen LogP contribution < -0.4 is 10.6 Å². The number of nitrogens with one attached hydrogen (secondary N) is 2. The molecule has 1 amide bonds. The summed E-state index contributed by atoms with van der Waals surface area (Å²) >= 11 is 0. The van der Waals surface area contributed by atoms with Crippen molar-refractivity contribution < 1.29 is 4.79 Å². The molecule has 5 nitrogen and oxygen atoms in total. The number of benzene rings is 1. The predicted octanol–water partition coefficient (Wildman–Crippen LogP) is 5.56. The number of hydrogen-bond donors (Lipinski definition) is 2. The molecule has 2 N–H and O–H groups in total. The Morgan fingerprint density at radius 2 is 2.09 bits per heavy atom. The largest absolute Gasteiger partial charge is 0.356 e. The number of amidine groups is 1. The number of aromatic nitrogens is 1. The predicted molar refractivity (Wildman–Crippen MR) is 142 cm³/mol. The van der Waals surface area contributed by atoms with Crippen molar-refractivity contribution in [1.82, 2.24) is 15.2 Å². The molecule has 2 aromatic rings. The summed E-state index contributed by atoms with van der Waals surface area (Å²) < 4.78 is 1.84. The van der Waals surface area contributed by atoms with Crippen LogP contribution in [0.15, 0.2) is 77.9 Å². The summed E-state index contributed by atoms with van der Waals surface area (Å²) in [7, 11) is 1.89. The van der Waals surface area contributed by atoms with Gasteiger partial charge in [0.05, 0.1) is 23.5 Å². The fourth-order valence-electron chi connectivity index (χ4n) is 4.16. The number of carbonyl (C=O) groups excluding carboxylic acids is 1. The summed E-state index contributed by atoms with van der Waals surface area (Å²) in [5, 5.41) is 6.22. The van der Waals surface area contributed by atoms with Crippen molar-refractivity contribution in [2.75, 3.05) is 6.54 Å². The van der Waals surface area contributed by atoms with Gasteiger partial charge in [-0.1, -0.05) is 51.6 Å². The molecule has 1 aromatic heterocycles. The molecule has 0 bridgehead atoms. The van der Waals surface area contributed by atoms with Gasteiger partial charge in [0, 0.05) is 30.9 Å². The van der Waals surface area contributed by atoms with Crippen LogP contribution in [0.2, 0.25) is 0 Å². The van der Waals surface area contributed by atoms with E-state index in [4.69, 9.17) is 4.99 Å². The van der Waals surface area contributed by atoms with Crippen LogP contribution in [0.5, 0.6) is 0 Å². The fourth-order valence-corrected chi connectivity index (χ4v) is 4.16. The molecule has 178 valence electrons. The van der Waals surface area contributed by atoms with Gasteiger partial charge in [0.25, 0.3) is 5.91 Å². The maximum atomic E-state index is 12.3. The zero-order valence-electron chi connectivity index (χ0n) is 21.2. The van der Waals surface area contributed by atoms with E-state index in [0.717, 1.165) is 23.5 Å². The summed E-state index contributed by atoms with van der Waals surface area (Å²) in [5.74, 6) is 0.811. The van der Waals surface area contributed by atoms with Crippen LogP contribution in [0.25, 0.3) is 5.70 Å². The van der Waals surface area contributed by atoms with Gasteiger partial charge in [-0.05, 0) is 55.0 Å². The summed E-state index contributed by atoms with van der Waals surface area (Å²) in [4.78, 5) is 17.2. The van der Waals surface area contributed by atoms with Crippen LogP contribution in [0.4, 0.5) is 0 Å². The molecule has 5 heteroatoms. The van der Waals surface area contributed by atoms with Gasteiger partial charge in [0.15, 0.2) is 0 Å². The molecule has 0 fully saturated rings. The molecule has 34 heavy (non-hydrogen) atoms. The van der Waals surface area contributed by atoms with E-state index in [9.17, 15) is 4.79 Å². The van der Waals surface area contributed by atoms with Gasteiger partial charge in [-0.3, -0.25) is 4.79 Å². The number of carbonyl (C=O) groups is 1. The highest BCUT2D eigenvalue weighted by Gasteiger charge is 2.21. The molecule has 0 saturated carbocycles. The molecule has 0 saturated heterocycles. The number of amides is 1. The first-order valence-corrected chi connectivity index (χ1v) is 11.7.